The van der Waals surface area contributed by atoms with E-state index in [9.17, 15) is 28.8 Å². The number of unbranched alkanes of at least 4 members (excludes halogenated alkanes) is 3. The van der Waals surface area contributed by atoms with E-state index >= 15 is 0 Å². The number of carbonyl (C=O) groups excluding carboxylic acids is 6. The Hall–Kier alpha value is -2.06. The van der Waals surface area contributed by atoms with E-state index in [0.29, 0.717) is 19.3 Å². The Labute approximate surface area is 215 Å². The average Bonchev–Trinajstić information content (AvgIpc) is 2.80. The number of nitrogens with one attached hydrogen (secondary N) is 3. The van der Waals surface area contributed by atoms with E-state index in [2.05, 4.69) is 16.0 Å². The van der Waals surface area contributed by atoms with Crippen molar-refractivity contribution in [2.24, 2.45) is 0 Å². The molecule has 0 aliphatic heterocycles. The first-order valence-corrected chi connectivity index (χ1v) is 11.8. The third-order valence-corrected chi connectivity index (χ3v) is 4.34. The molecule has 0 atom stereocenters. The predicted octanol–water partition coefficient (Wildman–Crippen LogP) is 2.64. The van der Waals surface area contributed by atoms with Crippen LogP contribution in [0.3, 0.4) is 0 Å². The molecular formula is C24H45FeN3O6+3. The molecule has 0 heterocycles. The average molecular weight is 527 g/mol. The third kappa shape index (κ3) is 32.1. The van der Waals surface area contributed by atoms with Crippen LogP contribution >= 0.6 is 0 Å². The van der Waals surface area contributed by atoms with E-state index in [1.807, 2.05) is 20.8 Å². The summed E-state index contributed by atoms with van der Waals surface area (Å²) in [7, 11) is 4.61. The molecule has 0 saturated carbocycles. The Bertz CT molecular complexity index is 516. The van der Waals surface area contributed by atoms with Crippen molar-refractivity contribution in [3.8, 4) is 0 Å². The van der Waals surface area contributed by atoms with Gasteiger partial charge in [-0.25, -0.2) is 0 Å². The first-order valence-electron chi connectivity index (χ1n) is 11.8. The van der Waals surface area contributed by atoms with Crippen molar-refractivity contribution in [1.82, 2.24) is 16.0 Å². The molecule has 0 spiro atoms. The second kappa shape index (κ2) is 29.0. The topological polar surface area (TPSA) is 139 Å². The Balaban J connectivity index is -0.000000196. The summed E-state index contributed by atoms with van der Waals surface area (Å²) in [6.07, 6.45) is 7.36. The Morgan fingerprint density at radius 1 is 0.471 bits per heavy atom. The van der Waals surface area contributed by atoms with Gasteiger partial charge in [-0.15, -0.1) is 0 Å². The molecule has 3 N–H and O–H groups in total. The molecule has 197 valence electrons. The second-order valence-corrected chi connectivity index (χ2v) is 7.48. The van der Waals surface area contributed by atoms with Gasteiger partial charge in [-0.3, -0.25) is 28.8 Å². The molecule has 0 aromatic carbocycles. The monoisotopic (exact) mass is 527 g/mol. The van der Waals surface area contributed by atoms with Crippen molar-refractivity contribution in [1.29, 1.82) is 0 Å². The van der Waals surface area contributed by atoms with Gasteiger partial charge in [0.15, 0.2) is 0 Å². The van der Waals surface area contributed by atoms with E-state index < -0.39 is 0 Å². The summed E-state index contributed by atoms with van der Waals surface area (Å²) in [6, 6.07) is 0. The van der Waals surface area contributed by atoms with Crippen molar-refractivity contribution in [3.63, 3.8) is 0 Å². The largest absolute Gasteiger partial charge is 3.00 e. The predicted molar refractivity (Wildman–Crippen MR) is 130 cm³/mol. The summed E-state index contributed by atoms with van der Waals surface area (Å²) in [6.45, 7) is 6.06. The van der Waals surface area contributed by atoms with Gasteiger partial charge in [0.05, 0.1) is 19.3 Å². The first-order chi connectivity index (χ1) is 15.6. The van der Waals surface area contributed by atoms with Gasteiger partial charge >= 0.3 is 17.1 Å². The number of carbonyl (C=O) groups is 6. The number of amides is 3. The Morgan fingerprint density at radius 3 is 0.824 bits per heavy atom. The molecule has 0 rings (SSSR count). The zero-order valence-corrected chi connectivity index (χ0v) is 22.9. The van der Waals surface area contributed by atoms with Crippen molar-refractivity contribution >= 4 is 35.1 Å². The summed E-state index contributed by atoms with van der Waals surface area (Å²) in [4.78, 5) is 64.7. The van der Waals surface area contributed by atoms with Crippen LogP contribution in [0.2, 0.25) is 0 Å². The molecule has 34 heavy (non-hydrogen) atoms. The number of hydrogen-bond donors (Lipinski definition) is 3. The van der Waals surface area contributed by atoms with Crippen LogP contribution in [-0.4, -0.2) is 56.2 Å². The molecule has 0 bridgehead atoms. The van der Waals surface area contributed by atoms with Crippen molar-refractivity contribution in [3.05, 3.63) is 0 Å². The molecule has 3 amide bonds. The van der Waals surface area contributed by atoms with Gasteiger partial charge in [0, 0.05) is 40.4 Å². The van der Waals surface area contributed by atoms with Crippen LogP contribution in [0, 0.1) is 0 Å². The van der Waals surface area contributed by atoms with Gasteiger partial charge in [-0.05, 0) is 19.3 Å². The van der Waals surface area contributed by atoms with Gasteiger partial charge < -0.3 is 16.0 Å². The van der Waals surface area contributed by atoms with Crippen LogP contribution in [0.1, 0.15) is 97.8 Å². The van der Waals surface area contributed by atoms with E-state index in [1.165, 1.54) is 21.1 Å². The number of Topliss-reactive ketones (excluding diaryl/α,β-unsaturated/α-hetero) is 3. The number of rotatable bonds is 15. The van der Waals surface area contributed by atoms with Crippen LogP contribution in [0.25, 0.3) is 0 Å². The van der Waals surface area contributed by atoms with E-state index in [4.69, 9.17) is 0 Å². The molecule has 0 aromatic heterocycles. The van der Waals surface area contributed by atoms with Crippen LogP contribution < -0.4 is 16.0 Å². The molecule has 10 heteroatoms. The smallest absolute Gasteiger partial charge is 0.359 e. The molecule has 1 radical (unpaired) electrons. The zero-order valence-electron chi connectivity index (χ0n) is 21.8. The molecule has 0 aliphatic carbocycles. The summed E-state index contributed by atoms with van der Waals surface area (Å²) >= 11 is 0. The van der Waals surface area contributed by atoms with Gasteiger partial charge in [0.2, 0.25) is 17.7 Å². The fourth-order valence-corrected chi connectivity index (χ4v) is 2.19. The quantitative estimate of drug-likeness (QED) is 0.221. The molecule has 0 saturated heterocycles. The normalized spacial score (nSPS) is 9.00. The summed E-state index contributed by atoms with van der Waals surface area (Å²) in [5, 5.41) is 7.24. The summed E-state index contributed by atoms with van der Waals surface area (Å²) < 4.78 is 0. The van der Waals surface area contributed by atoms with Gasteiger partial charge in [0.1, 0.15) is 17.3 Å². The Kier molecular flexibility index (Phi) is 33.4. The first kappa shape index (κ1) is 39.2. The maximum atomic E-state index is 10.9. The summed E-state index contributed by atoms with van der Waals surface area (Å²) in [5.74, 6) is -0.466. The van der Waals surface area contributed by atoms with Crippen LogP contribution in [-0.2, 0) is 45.8 Å². The maximum Gasteiger partial charge on any atom is 3.00 e. The zero-order chi connectivity index (χ0) is 26.1. The van der Waals surface area contributed by atoms with Gasteiger partial charge in [0.25, 0.3) is 0 Å². The second-order valence-electron chi connectivity index (χ2n) is 7.48. The third-order valence-electron chi connectivity index (χ3n) is 4.34. The van der Waals surface area contributed by atoms with Gasteiger partial charge in [-0.2, -0.15) is 0 Å². The van der Waals surface area contributed by atoms with Gasteiger partial charge in [-0.1, -0.05) is 40.0 Å². The van der Waals surface area contributed by atoms with Crippen molar-refractivity contribution in [2.45, 2.75) is 97.8 Å². The van der Waals surface area contributed by atoms with E-state index in [-0.39, 0.29) is 71.4 Å². The Morgan fingerprint density at radius 2 is 0.676 bits per heavy atom. The van der Waals surface area contributed by atoms with Crippen LogP contribution in [0.15, 0.2) is 0 Å². The SMILES string of the molecule is CCCCC(=O)CC(=O)NC.CCCCC(=O)CC(=O)NC.CCCCC(=O)CC(=O)NC.[Fe+3]. The van der Waals surface area contributed by atoms with Crippen molar-refractivity contribution in [2.75, 3.05) is 21.1 Å². The molecule has 0 aliphatic rings. The number of ketones is 3. The molecule has 9 nitrogen and oxygen atoms in total. The fourth-order valence-electron chi connectivity index (χ4n) is 2.19. The minimum absolute atomic E-state index is 0. The van der Waals surface area contributed by atoms with E-state index in [1.54, 1.807) is 0 Å². The molecule has 0 aromatic rings. The fraction of sp³-hybridized carbons (Fsp3) is 0.750. The molecule has 0 unspecified atom stereocenters. The van der Waals surface area contributed by atoms with E-state index in [0.717, 1.165) is 38.5 Å². The number of hydrogen-bond acceptors (Lipinski definition) is 6. The molecule has 0 fully saturated rings. The maximum absolute atomic E-state index is 10.9. The van der Waals surface area contributed by atoms with Crippen molar-refractivity contribution < 1.29 is 45.8 Å². The minimum atomic E-state index is -0.189. The molecular weight excluding hydrogens is 482 g/mol. The summed E-state index contributed by atoms with van der Waals surface area (Å²) in [5.41, 5.74) is 0. The van der Waals surface area contributed by atoms with Crippen LogP contribution in [0.4, 0.5) is 0 Å². The minimum Gasteiger partial charge on any atom is -0.359 e. The standard InChI is InChI=1S/3C8H15NO2.Fe/c3*1-3-4-5-7(10)6-8(11)9-2;/h3*3-6H2,1-2H3,(H,9,11);/q;;;+3. The van der Waals surface area contributed by atoms with Crippen LogP contribution in [0.5, 0.6) is 0 Å².